The summed E-state index contributed by atoms with van der Waals surface area (Å²) in [6.45, 7) is 3.98. The number of rotatable bonds is 4. The van der Waals surface area contributed by atoms with E-state index >= 15 is 0 Å². The molecular formula is C15H20N2O2. The van der Waals surface area contributed by atoms with Gasteiger partial charge in [0.25, 0.3) is 0 Å². The van der Waals surface area contributed by atoms with Crippen molar-refractivity contribution >= 4 is 0 Å². The Morgan fingerprint density at radius 1 is 1.42 bits per heavy atom. The van der Waals surface area contributed by atoms with E-state index in [1.165, 1.54) is 5.56 Å². The molecule has 102 valence electrons. The molecule has 0 saturated heterocycles. The van der Waals surface area contributed by atoms with Gasteiger partial charge in [0.15, 0.2) is 0 Å². The number of methoxy groups -OCH3 is 1. The molecule has 1 unspecified atom stereocenters. The van der Waals surface area contributed by atoms with Crippen molar-refractivity contribution < 1.29 is 9.84 Å². The number of hydrogen-bond acceptors (Lipinski definition) is 3. The van der Waals surface area contributed by atoms with Gasteiger partial charge >= 0.3 is 0 Å². The van der Waals surface area contributed by atoms with Crippen molar-refractivity contribution in [3.05, 3.63) is 46.6 Å². The van der Waals surface area contributed by atoms with Gasteiger partial charge in [0.05, 0.1) is 18.4 Å². The second kappa shape index (κ2) is 5.45. The normalized spacial score (nSPS) is 12.5. The predicted molar refractivity (Wildman–Crippen MR) is 74.4 cm³/mol. The van der Waals surface area contributed by atoms with Gasteiger partial charge in [-0.25, -0.2) is 4.68 Å². The van der Waals surface area contributed by atoms with Gasteiger partial charge < -0.3 is 9.84 Å². The average molecular weight is 260 g/mol. The van der Waals surface area contributed by atoms with Gasteiger partial charge in [0.2, 0.25) is 5.88 Å². The summed E-state index contributed by atoms with van der Waals surface area (Å²) in [7, 11) is 3.40. The molecule has 19 heavy (non-hydrogen) atoms. The standard InChI is InChI=1S/C15H20N2O2/c1-5-11-7-6-8-12(9-11)14(18)13-10(2)16-17(3)15(13)19-4/h6-9,14,18H,5H2,1-4H3. The minimum atomic E-state index is -0.713. The monoisotopic (exact) mass is 260 g/mol. The summed E-state index contributed by atoms with van der Waals surface area (Å²) in [5.74, 6) is 0.604. The topological polar surface area (TPSA) is 47.3 Å². The van der Waals surface area contributed by atoms with Crippen LogP contribution in [-0.2, 0) is 13.5 Å². The summed E-state index contributed by atoms with van der Waals surface area (Å²) in [5.41, 5.74) is 3.60. The Labute approximate surface area is 113 Å². The lowest BCUT2D eigenvalue weighted by atomic mass is 9.99. The molecule has 1 atom stereocenters. The quantitative estimate of drug-likeness (QED) is 0.918. The number of aliphatic hydroxyl groups excluding tert-OH is 1. The molecule has 0 spiro atoms. The molecule has 1 aromatic carbocycles. The lowest BCUT2D eigenvalue weighted by molar-refractivity contribution is 0.213. The van der Waals surface area contributed by atoms with Gasteiger partial charge in [-0.15, -0.1) is 0 Å². The van der Waals surface area contributed by atoms with E-state index in [1.807, 2.05) is 32.2 Å². The van der Waals surface area contributed by atoms with Crippen LogP contribution < -0.4 is 4.74 Å². The van der Waals surface area contributed by atoms with Crippen molar-refractivity contribution in [2.75, 3.05) is 7.11 Å². The number of nitrogens with zero attached hydrogens (tertiary/aromatic N) is 2. The van der Waals surface area contributed by atoms with Crippen LogP contribution in [0.1, 0.15) is 35.4 Å². The van der Waals surface area contributed by atoms with E-state index in [4.69, 9.17) is 4.74 Å². The highest BCUT2D eigenvalue weighted by atomic mass is 16.5. The van der Waals surface area contributed by atoms with Crippen LogP contribution in [0, 0.1) is 6.92 Å². The van der Waals surface area contributed by atoms with E-state index in [9.17, 15) is 5.11 Å². The van der Waals surface area contributed by atoms with Crippen LogP contribution in [0.25, 0.3) is 0 Å². The van der Waals surface area contributed by atoms with Gasteiger partial charge in [-0.3, -0.25) is 0 Å². The Hall–Kier alpha value is -1.81. The van der Waals surface area contributed by atoms with Gasteiger partial charge in [-0.2, -0.15) is 5.10 Å². The molecule has 0 aliphatic rings. The van der Waals surface area contributed by atoms with Crippen molar-refractivity contribution in [3.63, 3.8) is 0 Å². The molecule has 1 heterocycles. The molecule has 0 bridgehead atoms. The van der Waals surface area contributed by atoms with E-state index < -0.39 is 6.10 Å². The van der Waals surface area contributed by atoms with Crippen molar-refractivity contribution in [2.45, 2.75) is 26.4 Å². The fourth-order valence-corrected chi connectivity index (χ4v) is 2.36. The minimum Gasteiger partial charge on any atom is -0.481 e. The van der Waals surface area contributed by atoms with Crippen molar-refractivity contribution in [1.82, 2.24) is 9.78 Å². The second-order valence-electron chi connectivity index (χ2n) is 4.63. The van der Waals surface area contributed by atoms with E-state index in [0.717, 1.165) is 23.2 Å². The van der Waals surface area contributed by atoms with Gasteiger partial charge in [0.1, 0.15) is 6.10 Å². The van der Waals surface area contributed by atoms with Gasteiger partial charge in [-0.1, -0.05) is 31.2 Å². The fraction of sp³-hybridized carbons (Fsp3) is 0.400. The molecule has 4 heteroatoms. The van der Waals surface area contributed by atoms with E-state index in [1.54, 1.807) is 11.8 Å². The summed E-state index contributed by atoms with van der Waals surface area (Å²) in [5, 5.41) is 14.9. The average Bonchev–Trinajstić information content (AvgIpc) is 2.71. The van der Waals surface area contributed by atoms with E-state index in [-0.39, 0.29) is 0 Å². The Morgan fingerprint density at radius 3 is 2.79 bits per heavy atom. The summed E-state index contributed by atoms with van der Waals surface area (Å²) in [6, 6.07) is 7.98. The van der Waals surface area contributed by atoms with E-state index in [0.29, 0.717) is 5.88 Å². The summed E-state index contributed by atoms with van der Waals surface area (Å²) in [6.07, 6.45) is 0.235. The third kappa shape index (κ3) is 2.49. The molecule has 0 amide bonds. The van der Waals surface area contributed by atoms with Crippen LogP contribution in [0.2, 0.25) is 0 Å². The third-order valence-electron chi connectivity index (χ3n) is 3.36. The molecule has 2 aromatic rings. The maximum absolute atomic E-state index is 10.6. The fourth-order valence-electron chi connectivity index (χ4n) is 2.36. The molecule has 0 saturated carbocycles. The highest BCUT2D eigenvalue weighted by molar-refractivity contribution is 5.40. The predicted octanol–water partition coefficient (Wildman–Crippen LogP) is 2.38. The van der Waals surface area contributed by atoms with Gasteiger partial charge in [0, 0.05) is 7.05 Å². The van der Waals surface area contributed by atoms with Crippen LogP contribution in [0.3, 0.4) is 0 Å². The SMILES string of the molecule is CCc1cccc(C(O)c2c(C)nn(C)c2OC)c1. The largest absolute Gasteiger partial charge is 0.481 e. The first kappa shape index (κ1) is 13.6. The molecule has 0 fully saturated rings. The summed E-state index contributed by atoms with van der Waals surface area (Å²) < 4.78 is 6.99. The molecule has 0 radical (unpaired) electrons. The van der Waals surface area contributed by atoms with Crippen molar-refractivity contribution in [2.24, 2.45) is 7.05 Å². The van der Waals surface area contributed by atoms with Crippen molar-refractivity contribution in [3.8, 4) is 5.88 Å². The van der Waals surface area contributed by atoms with Crippen LogP contribution in [0.15, 0.2) is 24.3 Å². The number of ether oxygens (including phenoxy) is 1. The maximum atomic E-state index is 10.6. The van der Waals surface area contributed by atoms with Crippen LogP contribution in [0.4, 0.5) is 0 Å². The Morgan fingerprint density at radius 2 is 2.16 bits per heavy atom. The Balaban J connectivity index is 2.46. The molecule has 0 aliphatic heterocycles. The van der Waals surface area contributed by atoms with Crippen LogP contribution in [-0.4, -0.2) is 22.0 Å². The third-order valence-corrected chi connectivity index (χ3v) is 3.36. The number of aryl methyl sites for hydroxylation is 3. The molecular weight excluding hydrogens is 240 g/mol. The first-order valence-corrected chi connectivity index (χ1v) is 6.42. The van der Waals surface area contributed by atoms with Gasteiger partial charge in [-0.05, 0) is 24.5 Å². The second-order valence-corrected chi connectivity index (χ2v) is 4.63. The van der Waals surface area contributed by atoms with Crippen LogP contribution >= 0.6 is 0 Å². The number of hydrogen-bond donors (Lipinski definition) is 1. The molecule has 1 N–H and O–H groups in total. The highest BCUT2D eigenvalue weighted by Gasteiger charge is 2.22. The lowest BCUT2D eigenvalue weighted by Gasteiger charge is -2.13. The molecule has 0 aliphatic carbocycles. The van der Waals surface area contributed by atoms with Crippen LogP contribution in [0.5, 0.6) is 5.88 Å². The first-order chi connectivity index (χ1) is 9.08. The van der Waals surface area contributed by atoms with E-state index in [2.05, 4.69) is 18.1 Å². The molecule has 2 rings (SSSR count). The summed E-state index contributed by atoms with van der Waals surface area (Å²) in [4.78, 5) is 0. The number of benzene rings is 1. The first-order valence-electron chi connectivity index (χ1n) is 6.42. The number of aromatic nitrogens is 2. The number of aliphatic hydroxyl groups is 1. The highest BCUT2D eigenvalue weighted by Crippen LogP contribution is 2.32. The maximum Gasteiger partial charge on any atom is 0.217 e. The Kier molecular flexibility index (Phi) is 3.90. The summed E-state index contributed by atoms with van der Waals surface area (Å²) >= 11 is 0. The molecule has 4 nitrogen and oxygen atoms in total. The lowest BCUT2D eigenvalue weighted by Crippen LogP contribution is -2.04. The minimum absolute atomic E-state index is 0.604. The zero-order chi connectivity index (χ0) is 14.0. The smallest absolute Gasteiger partial charge is 0.217 e. The Bertz CT molecular complexity index is 576. The molecule has 1 aromatic heterocycles. The zero-order valence-electron chi connectivity index (χ0n) is 11.8. The van der Waals surface area contributed by atoms with Crippen molar-refractivity contribution in [1.29, 1.82) is 0 Å². The zero-order valence-corrected chi connectivity index (χ0v) is 11.8.